The quantitative estimate of drug-likeness (QED) is 0.895. The van der Waals surface area contributed by atoms with Crippen molar-refractivity contribution >= 4 is 17.0 Å². The molecular weight excluding hydrogens is 260 g/mol. The molecule has 0 saturated heterocycles. The van der Waals surface area contributed by atoms with Crippen molar-refractivity contribution < 1.29 is 19.4 Å². The highest BCUT2D eigenvalue weighted by molar-refractivity contribution is 5.80. The highest BCUT2D eigenvalue weighted by Gasteiger charge is 2.29. The molecule has 2 heterocycles. The van der Waals surface area contributed by atoms with Crippen molar-refractivity contribution in [2.75, 3.05) is 13.2 Å². The third kappa shape index (κ3) is 2.17. The van der Waals surface area contributed by atoms with E-state index in [1.807, 2.05) is 12.1 Å². The highest BCUT2D eigenvalue weighted by Crippen LogP contribution is 2.34. The minimum Gasteiger partial charge on any atom is -0.486 e. The minimum atomic E-state index is -0.861. The highest BCUT2D eigenvalue weighted by atomic mass is 16.6. The van der Waals surface area contributed by atoms with Gasteiger partial charge >= 0.3 is 5.97 Å². The van der Waals surface area contributed by atoms with Gasteiger partial charge in [-0.3, -0.25) is 4.79 Å². The lowest BCUT2D eigenvalue weighted by Gasteiger charge is -2.17. The number of nitrogens with one attached hydrogen (secondary N) is 1. The SMILES string of the molecule is CC(C)(Cc1nc2cc3c(cc2[nH]1)OCCO3)C(=O)O. The second kappa shape index (κ2) is 4.40. The normalized spacial score (nSPS) is 14.5. The molecule has 6 heteroatoms. The number of imidazole rings is 1. The van der Waals surface area contributed by atoms with E-state index in [0.29, 0.717) is 37.0 Å². The van der Waals surface area contributed by atoms with Gasteiger partial charge in [-0.05, 0) is 13.8 Å². The Kier molecular flexibility index (Phi) is 2.81. The summed E-state index contributed by atoms with van der Waals surface area (Å²) < 4.78 is 11.0. The number of H-pyrrole nitrogens is 1. The van der Waals surface area contributed by atoms with Gasteiger partial charge in [-0.25, -0.2) is 4.98 Å². The summed E-state index contributed by atoms with van der Waals surface area (Å²) in [7, 11) is 0. The number of aromatic nitrogens is 2. The Morgan fingerprint density at radius 2 is 2.00 bits per heavy atom. The number of hydrogen-bond acceptors (Lipinski definition) is 4. The molecule has 1 aromatic carbocycles. The molecular formula is C14H16N2O4. The molecule has 0 atom stereocenters. The Balaban J connectivity index is 1.96. The summed E-state index contributed by atoms with van der Waals surface area (Å²) >= 11 is 0. The van der Waals surface area contributed by atoms with Crippen LogP contribution in [-0.4, -0.2) is 34.3 Å². The first-order chi connectivity index (χ1) is 9.45. The van der Waals surface area contributed by atoms with E-state index in [2.05, 4.69) is 9.97 Å². The van der Waals surface area contributed by atoms with Crippen molar-refractivity contribution in [2.24, 2.45) is 5.41 Å². The topological polar surface area (TPSA) is 84.4 Å². The van der Waals surface area contributed by atoms with E-state index in [4.69, 9.17) is 14.6 Å². The van der Waals surface area contributed by atoms with Crippen molar-refractivity contribution in [3.8, 4) is 11.5 Å². The number of rotatable bonds is 3. The second-order valence-corrected chi connectivity index (χ2v) is 5.56. The molecule has 106 valence electrons. The van der Waals surface area contributed by atoms with E-state index in [9.17, 15) is 4.79 Å². The van der Waals surface area contributed by atoms with Crippen molar-refractivity contribution in [1.29, 1.82) is 0 Å². The largest absolute Gasteiger partial charge is 0.486 e. The van der Waals surface area contributed by atoms with Gasteiger partial charge in [-0.1, -0.05) is 0 Å². The van der Waals surface area contributed by atoms with Gasteiger partial charge in [0.05, 0.1) is 16.4 Å². The summed E-state index contributed by atoms with van der Waals surface area (Å²) in [6.07, 6.45) is 0.337. The number of benzene rings is 1. The van der Waals surface area contributed by atoms with Crippen LogP contribution in [0.25, 0.3) is 11.0 Å². The van der Waals surface area contributed by atoms with Crippen LogP contribution in [0.4, 0.5) is 0 Å². The third-order valence-electron chi connectivity index (χ3n) is 3.38. The summed E-state index contributed by atoms with van der Waals surface area (Å²) in [6, 6.07) is 3.66. The summed E-state index contributed by atoms with van der Waals surface area (Å²) in [5.41, 5.74) is 0.719. The number of ether oxygens (including phenoxy) is 2. The van der Waals surface area contributed by atoms with Crippen LogP contribution in [0.5, 0.6) is 11.5 Å². The second-order valence-electron chi connectivity index (χ2n) is 5.56. The molecule has 6 nitrogen and oxygen atoms in total. The fraction of sp³-hybridized carbons (Fsp3) is 0.429. The lowest BCUT2D eigenvalue weighted by atomic mass is 9.89. The van der Waals surface area contributed by atoms with Crippen LogP contribution in [0.1, 0.15) is 19.7 Å². The Labute approximate surface area is 115 Å². The molecule has 0 bridgehead atoms. The van der Waals surface area contributed by atoms with Gasteiger partial charge in [-0.15, -0.1) is 0 Å². The maximum atomic E-state index is 11.2. The number of carboxylic acids is 1. The Hall–Kier alpha value is -2.24. The zero-order valence-corrected chi connectivity index (χ0v) is 11.4. The van der Waals surface area contributed by atoms with Gasteiger partial charge in [0.1, 0.15) is 19.0 Å². The molecule has 2 N–H and O–H groups in total. The number of carbonyl (C=O) groups is 1. The van der Waals surface area contributed by atoms with E-state index in [0.717, 1.165) is 11.0 Å². The van der Waals surface area contributed by atoms with Gasteiger partial charge in [0.25, 0.3) is 0 Å². The van der Waals surface area contributed by atoms with E-state index >= 15 is 0 Å². The van der Waals surface area contributed by atoms with Crippen LogP contribution >= 0.6 is 0 Å². The molecule has 1 aromatic heterocycles. The van der Waals surface area contributed by atoms with Crippen LogP contribution < -0.4 is 9.47 Å². The smallest absolute Gasteiger partial charge is 0.309 e. The van der Waals surface area contributed by atoms with Gasteiger partial charge < -0.3 is 19.6 Å². The van der Waals surface area contributed by atoms with Gasteiger partial charge in [0, 0.05) is 18.6 Å². The summed E-state index contributed by atoms with van der Waals surface area (Å²) in [4.78, 5) is 18.7. The molecule has 0 spiro atoms. The predicted octanol–water partition coefficient (Wildman–Crippen LogP) is 1.99. The van der Waals surface area contributed by atoms with Crippen molar-refractivity contribution in [3.05, 3.63) is 18.0 Å². The van der Waals surface area contributed by atoms with Crippen LogP contribution in [-0.2, 0) is 11.2 Å². The van der Waals surface area contributed by atoms with Crippen molar-refractivity contribution in [2.45, 2.75) is 20.3 Å². The lowest BCUT2D eigenvalue weighted by molar-refractivity contribution is -0.146. The Bertz CT molecular complexity index is 632. The number of nitrogens with zero attached hydrogens (tertiary/aromatic N) is 1. The van der Waals surface area contributed by atoms with E-state index in [-0.39, 0.29) is 0 Å². The molecule has 3 rings (SSSR count). The summed E-state index contributed by atoms with van der Waals surface area (Å²) in [5.74, 6) is 1.18. The molecule has 0 saturated carbocycles. The summed E-state index contributed by atoms with van der Waals surface area (Å²) in [6.45, 7) is 4.42. The zero-order chi connectivity index (χ0) is 14.3. The van der Waals surface area contributed by atoms with Crippen LogP contribution in [0.3, 0.4) is 0 Å². The minimum absolute atomic E-state index is 0.337. The van der Waals surface area contributed by atoms with Gasteiger partial charge in [0.2, 0.25) is 0 Å². The molecule has 20 heavy (non-hydrogen) atoms. The molecule has 0 aliphatic carbocycles. The van der Waals surface area contributed by atoms with E-state index in [1.165, 1.54) is 0 Å². The first-order valence-corrected chi connectivity index (χ1v) is 6.47. The van der Waals surface area contributed by atoms with Crippen LogP contribution in [0.15, 0.2) is 12.1 Å². The first kappa shape index (κ1) is 12.8. The molecule has 0 fully saturated rings. The first-order valence-electron chi connectivity index (χ1n) is 6.47. The fourth-order valence-electron chi connectivity index (χ4n) is 2.18. The monoisotopic (exact) mass is 276 g/mol. The standard InChI is InChI=1S/C14H16N2O4/c1-14(2,13(17)18)7-12-15-8-5-10-11(6-9(8)16-12)20-4-3-19-10/h5-6H,3-4,7H2,1-2H3,(H,15,16)(H,17,18). The van der Waals surface area contributed by atoms with E-state index in [1.54, 1.807) is 13.8 Å². The maximum Gasteiger partial charge on any atom is 0.309 e. The van der Waals surface area contributed by atoms with Gasteiger partial charge in [0.15, 0.2) is 11.5 Å². The fourth-order valence-corrected chi connectivity index (χ4v) is 2.18. The van der Waals surface area contributed by atoms with Crippen molar-refractivity contribution in [1.82, 2.24) is 9.97 Å². The Morgan fingerprint density at radius 3 is 2.65 bits per heavy atom. The number of carboxylic acid groups (broad SMARTS) is 1. The number of aliphatic carboxylic acids is 1. The molecule has 2 aromatic rings. The predicted molar refractivity (Wildman–Crippen MR) is 72.2 cm³/mol. The third-order valence-corrected chi connectivity index (χ3v) is 3.38. The lowest BCUT2D eigenvalue weighted by Crippen LogP contribution is -2.26. The number of hydrogen-bond donors (Lipinski definition) is 2. The maximum absolute atomic E-state index is 11.2. The van der Waals surface area contributed by atoms with E-state index < -0.39 is 11.4 Å². The molecule has 1 aliphatic heterocycles. The average molecular weight is 276 g/mol. The average Bonchev–Trinajstić information content (AvgIpc) is 2.75. The summed E-state index contributed by atoms with van der Waals surface area (Å²) in [5, 5.41) is 9.17. The van der Waals surface area contributed by atoms with Gasteiger partial charge in [-0.2, -0.15) is 0 Å². The molecule has 1 aliphatic rings. The van der Waals surface area contributed by atoms with Crippen molar-refractivity contribution in [3.63, 3.8) is 0 Å². The molecule has 0 radical (unpaired) electrons. The zero-order valence-electron chi connectivity index (χ0n) is 11.4. The Morgan fingerprint density at radius 1 is 1.35 bits per heavy atom. The molecule has 0 amide bonds. The number of fused-ring (bicyclic) bond motifs is 2. The molecule has 0 unspecified atom stereocenters. The number of aromatic amines is 1. The van der Waals surface area contributed by atoms with Crippen LogP contribution in [0, 0.1) is 5.41 Å². The van der Waals surface area contributed by atoms with Crippen LogP contribution in [0.2, 0.25) is 0 Å².